The molecule has 0 bridgehead atoms. The monoisotopic (exact) mass is 273 g/mol. The summed E-state index contributed by atoms with van der Waals surface area (Å²) in [6, 6.07) is 5.92. The minimum Gasteiger partial charge on any atom is -0.492 e. The molecule has 0 fully saturated rings. The van der Waals surface area contributed by atoms with Crippen molar-refractivity contribution in [3.63, 3.8) is 0 Å². The van der Waals surface area contributed by atoms with Crippen LogP contribution in [0.15, 0.2) is 24.8 Å². The summed E-state index contributed by atoms with van der Waals surface area (Å²) in [7, 11) is 0. The summed E-state index contributed by atoms with van der Waals surface area (Å²) in [4.78, 5) is 0. The summed E-state index contributed by atoms with van der Waals surface area (Å²) in [6.45, 7) is 6.25. The molecule has 0 atom stereocenters. The summed E-state index contributed by atoms with van der Waals surface area (Å²) in [5.74, 6) is 0.885. The normalized spacial score (nSPS) is 9.50. The first-order valence-corrected chi connectivity index (χ1v) is 4.82. The van der Waals surface area contributed by atoms with Gasteiger partial charge in [-0.3, -0.25) is 0 Å². The minimum absolute atomic E-state index is 0.675. The van der Waals surface area contributed by atoms with Gasteiger partial charge in [0.25, 0.3) is 0 Å². The average molecular weight is 273 g/mol. The highest BCUT2D eigenvalue weighted by Gasteiger charge is 2.03. The van der Waals surface area contributed by atoms with Crippen LogP contribution in [0, 0.1) is 9.65 Å². The number of halogens is 1. The van der Waals surface area contributed by atoms with Gasteiger partial charge in [0.2, 0.25) is 0 Å². The average Bonchev–Trinajstić information content (AvgIpc) is 2.09. The van der Waals surface area contributed by atoms with Gasteiger partial charge in [-0.05, 0) is 41.7 Å². The molecule has 0 aliphatic carbocycles. The van der Waals surface area contributed by atoms with Gasteiger partial charge in [-0.15, -0.1) is 0 Å². The molecule has 0 aliphatic heterocycles. The minimum atomic E-state index is 0.675. The molecule has 0 aromatic heterocycles. The first-order valence-electron chi connectivity index (χ1n) is 3.74. The van der Waals surface area contributed by atoms with Crippen molar-refractivity contribution in [3.8, 4) is 5.75 Å². The predicted molar refractivity (Wildman–Crippen MR) is 58.3 cm³/mol. The molecular weight excluding hydrogens is 263 g/mol. The second-order valence-corrected chi connectivity index (χ2v) is 3.39. The number of ether oxygens (including phenoxy) is 1. The lowest BCUT2D eigenvalue weighted by molar-refractivity contribution is 0.336. The fourth-order valence-corrected chi connectivity index (χ4v) is 1.59. The van der Waals surface area contributed by atoms with E-state index in [4.69, 9.17) is 4.74 Å². The standard InChI is InChI=1S/C10H10IO/c1-3-8-6-5-7-9(11)10(8)12-4-2/h5-7H,1,4H2,2H3. The van der Waals surface area contributed by atoms with Gasteiger partial charge in [-0.25, -0.2) is 0 Å². The predicted octanol–water partition coefficient (Wildman–Crippen LogP) is 3.03. The van der Waals surface area contributed by atoms with Crippen LogP contribution in [-0.4, -0.2) is 6.61 Å². The lowest BCUT2D eigenvalue weighted by Gasteiger charge is -2.08. The van der Waals surface area contributed by atoms with E-state index < -0.39 is 0 Å². The van der Waals surface area contributed by atoms with Crippen molar-refractivity contribution < 1.29 is 4.74 Å². The molecule has 0 N–H and O–H groups in total. The fourth-order valence-electron chi connectivity index (χ4n) is 0.939. The van der Waals surface area contributed by atoms with E-state index in [1.807, 2.05) is 25.1 Å². The van der Waals surface area contributed by atoms with Gasteiger partial charge in [0, 0.05) is 5.56 Å². The molecule has 0 amide bonds. The van der Waals surface area contributed by atoms with Gasteiger partial charge in [-0.1, -0.05) is 18.7 Å². The zero-order chi connectivity index (χ0) is 8.97. The van der Waals surface area contributed by atoms with E-state index in [0.717, 1.165) is 14.9 Å². The molecule has 0 unspecified atom stereocenters. The third-order valence-corrected chi connectivity index (χ3v) is 2.30. The molecule has 2 heteroatoms. The summed E-state index contributed by atoms with van der Waals surface area (Å²) in [5, 5.41) is 0. The summed E-state index contributed by atoms with van der Waals surface area (Å²) >= 11 is 2.24. The van der Waals surface area contributed by atoms with Crippen LogP contribution < -0.4 is 4.74 Å². The van der Waals surface area contributed by atoms with Crippen LogP contribution in [-0.2, 0) is 0 Å². The van der Waals surface area contributed by atoms with Crippen LogP contribution in [0.25, 0.3) is 0 Å². The van der Waals surface area contributed by atoms with Crippen LogP contribution in [0.3, 0.4) is 0 Å². The largest absolute Gasteiger partial charge is 0.492 e. The Morgan fingerprint density at radius 3 is 2.92 bits per heavy atom. The van der Waals surface area contributed by atoms with Gasteiger partial charge < -0.3 is 4.74 Å². The third kappa shape index (κ3) is 2.00. The number of benzene rings is 1. The van der Waals surface area contributed by atoms with Gasteiger partial charge >= 0.3 is 0 Å². The smallest absolute Gasteiger partial charge is 0.140 e. The molecule has 0 saturated carbocycles. The van der Waals surface area contributed by atoms with Gasteiger partial charge in [0.05, 0.1) is 10.2 Å². The second-order valence-electron chi connectivity index (χ2n) is 2.23. The van der Waals surface area contributed by atoms with Crippen molar-refractivity contribution in [2.75, 3.05) is 6.61 Å². The van der Waals surface area contributed by atoms with Crippen LogP contribution in [0.2, 0.25) is 0 Å². The molecule has 1 rings (SSSR count). The van der Waals surface area contributed by atoms with Crippen molar-refractivity contribution in [1.82, 2.24) is 0 Å². The van der Waals surface area contributed by atoms with Crippen molar-refractivity contribution in [2.45, 2.75) is 6.92 Å². The molecule has 1 radical (unpaired) electrons. The lowest BCUT2D eigenvalue weighted by Crippen LogP contribution is -1.96. The number of hydrogen-bond acceptors (Lipinski definition) is 1. The van der Waals surface area contributed by atoms with E-state index >= 15 is 0 Å². The Kier molecular flexibility index (Phi) is 3.59. The Morgan fingerprint density at radius 2 is 2.33 bits per heavy atom. The fraction of sp³-hybridized carbons (Fsp3) is 0.200. The summed E-state index contributed by atoms with van der Waals surface area (Å²) < 4.78 is 6.55. The molecule has 1 nitrogen and oxygen atoms in total. The van der Waals surface area contributed by atoms with Gasteiger partial charge in [0.15, 0.2) is 0 Å². The van der Waals surface area contributed by atoms with E-state index in [2.05, 4.69) is 35.2 Å². The first-order chi connectivity index (χ1) is 5.79. The highest BCUT2D eigenvalue weighted by molar-refractivity contribution is 14.1. The number of para-hydroxylation sites is 1. The first kappa shape index (κ1) is 9.58. The van der Waals surface area contributed by atoms with Crippen LogP contribution in [0.5, 0.6) is 5.75 Å². The lowest BCUT2D eigenvalue weighted by atomic mass is 10.2. The summed E-state index contributed by atoms with van der Waals surface area (Å²) in [6.07, 6.45) is 2.84. The van der Waals surface area contributed by atoms with Crippen molar-refractivity contribution >= 4 is 22.6 Å². The van der Waals surface area contributed by atoms with Crippen LogP contribution in [0.4, 0.5) is 0 Å². The Labute approximate surface area is 86.6 Å². The van der Waals surface area contributed by atoms with Crippen molar-refractivity contribution in [1.29, 1.82) is 0 Å². The quantitative estimate of drug-likeness (QED) is 0.769. The molecule has 1 aromatic carbocycles. The van der Waals surface area contributed by atoms with Crippen molar-refractivity contribution in [3.05, 3.63) is 40.0 Å². The van der Waals surface area contributed by atoms with E-state index in [0.29, 0.717) is 6.61 Å². The maximum atomic E-state index is 5.45. The zero-order valence-corrected chi connectivity index (χ0v) is 9.09. The maximum absolute atomic E-state index is 5.45. The van der Waals surface area contributed by atoms with E-state index in [-0.39, 0.29) is 0 Å². The van der Waals surface area contributed by atoms with Crippen LogP contribution in [0.1, 0.15) is 12.5 Å². The molecule has 0 heterocycles. The Bertz CT molecular complexity index is 281. The Hall–Kier alpha value is -0.510. The second kappa shape index (κ2) is 4.50. The maximum Gasteiger partial charge on any atom is 0.140 e. The number of hydrogen-bond donors (Lipinski definition) is 0. The zero-order valence-electron chi connectivity index (χ0n) is 6.93. The topological polar surface area (TPSA) is 9.23 Å². The molecule has 12 heavy (non-hydrogen) atoms. The Balaban J connectivity index is 3.10. The molecule has 0 spiro atoms. The van der Waals surface area contributed by atoms with E-state index in [1.54, 1.807) is 0 Å². The highest BCUT2D eigenvalue weighted by atomic mass is 127. The van der Waals surface area contributed by atoms with Crippen LogP contribution >= 0.6 is 22.6 Å². The molecule has 0 saturated heterocycles. The van der Waals surface area contributed by atoms with Gasteiger partial charge in [-0.2, -0.15) is 0 Å². The van der Waals surface area contributed by atoms with Gasteiger partial charge in [0.1, 0.15) is 5.75 Å². The molecular formula is C10H10IO. The highest BCUT2D eigenvalue weighted by Crippen LogP contribution is 2.25. The van der Waals surface area contributed by atoms with Crippen molar-refractivity contribution in [2.24, 2.45) is 0 Å². The number of rotatable bonds is 3. The molecule has 63 valence electrons. The third-order valence-electron chi connectivity index (χ3n) is 1.45. The Morgan fingerprint density at radius 1 is 1.58 bits per heavy atom. The summed E-state index contributed by atoms with van der Waals surface area (Å²) in [5.41, 5.74) is 0.934. The van der Waals surface area contributed by atoms with E-state index in [9.17, 15) is 0 Å². The molecule has 0 aliphatic rings. The SMILES string of the molecule is C=[C]c1cccc(I)c1OCC. The van der Waals surface area contributed by atoms with E-state index in [1.165, 1.54) is 0 Å². The molecule has 1 aromatic rings.